The molecule has 0 unspecified atom stereocenters. The minimum atomic E-state index is -0.372. The highest BCUT2D eigenvalue weighted by Crippen LogP contribution is 2.25. The van der Waals surface area contributed by atoms with Crippen LogP contribution in [0.25, 0.3) is 0 Å². The zero-order valence-electron chi connectivity index (χ0n) is 24.1. The van der Waals surface area contributed by atoms with Crippen LogP contribution in [0.15, 0.2) is 6.20 Å². The van der Waals surface area contributed by atoms with E-state index in [9.17, 15) is 14.4 Å². The first-order chi connectivity index (χ1) is 18.3. The molecule has 1 aliphatic rings. The van der Waals surface area contributed by atoms with Crippen molar-refractivity contribution >= 4 is 17.7 Å². The van der Waals surface area contributed by atoms with Crippen molar-refractivity contribution in [2.45, 2.75) is 59.3 Å². The molecule has 3 amide bonds. The maximum Gasteiger partial charge on any atom is 0.276 e. The zero-order valence-corrected chi connectivity index (χ0v) is 24.1. The summed E-state index contributed by atoms with van der Waals surface area (Å²) in [6, 6.07) is 0. The fraction of sp³-hybridized carbons (Fsp3) is 0.600. The van der Waals surface area contributed by atoms with Crippen molar-refractivity contribution < 1.29 is 14.4 Å². The van der Waals surface area contributed by atoms with Crippen LogP contribution in [0.5, 0.6) is 0 Å². The Bertz CT molecular complexity index is 1230. The second-order valence-electron chi connectivity index (χ2n) is 10.9. The van der Waals surface area contributed by atoms with Gasteiger partial charge in [0.15, 0.2) is 0 Å². The van der Waals surface area contributed by atoms with Gasteiger partial charge in [-0.3, -0.25) is 19.1 Å². The summed E-state index contributed by atoms with van der Waals surface area (Å²) in [6.07, 6.45) is 1.68. The standard InChI is InChI=1S/C25H37N11O3/c1-14(2)17-10-26-31(7)20(17)23(37)34-11-35(24(38)21-18(15(3)4)27-29-32(21)8)13-36(12-34)25(39)22-19(16(5)6)28-30-33(22)9/h10,14-16H,11-13H2,1-9H3. The fourth-order valence-corrected chi connectivity index (χ4v) is 4.75. The lowest BCUT2D eigenvalue weighted by Gasteiger charge is -2.42. The molecule has 3 aromatic rings. The van der Waals surface area contributed by atoms with Crippen molar-refractivity contribution in [2.24, 2.45) is 21.1 Å². The van der Waals surface area contributed by atoms with E-state index in [0.717, 1.165) is 5.56 Å². The molecule has 0 radical (unpaired) electrons. The first-order valence-corrected chi connectivity index (χ1v) is 13.0. The maximum absolute atomic E-state index is 13.9. The Morgan fingerprint density at radius 3 is 1.36 bits per heavy atom. The normalized spacial score (nSPS) is 14.3. The highest BCUT2D eigenvalue weighted by molar-refractivity contribution is 5.98. The Morgan fingerprint density at radius 1 is 0.615 bits per heavy atom. The third-order valence-corrected chi connectivity index (χ3v) is 6.88. The van der Waals surface area contributed by atoms with Crippen LogP contribution in [0.2, 0.25) is 0 Å². The Hall–Kier alpha value is -4.10. The zero-order chi connectivity index (χ0) is 28.8. The molecule has 3 aromatic heterocycles. The largest absolute Gasteiger partial charge is 0.301 e. The summed E-state index contributed by atoms with van der Waals surface area (Å²) in [5.74, 6) is -1.11. The molecule has 4 rings (SSSR count). The van der Waals surface area contributed by atoms with Gasteiger partial charge in [-0.15, -0.1) is 10.2 Å². The lowest BCUT2D eigenvalue weighted by atomic mass is 10.0. The Labute approximate surface area is 227 Å². The highest BCUT2D eigenvalue weighted by Gasteiger charge is 2.38. The van der Waals surface area contributed by atoms with Gasteiger partial charge in [-0.05, 0) is 17.8 Å². The third-order valence-electron chi connectivity index (χ3n) is 6.88. The van der Waals surface area contributed by atoms with Gasteiger partial charge in [-0.25, -0.2) is 9.36 Å². The first-order valence-electron chi connectivity index (χ1n) is 13.0. The molecule has 1 aliphatic heterocycles. The second kappa shape index (κ2) is 10.6. The summed E-state index contributed by atoms with van der Waals surface area (Å²) < 4.78 is 4.41. The van der Waals surface area contributed by atoms with Crippen LogP contribution in [0.4, 0.5) is 0 Å². The van der Waals surface area contributed by atoms with Gasteiger partial charge < -0.3 is 14.7 Å². The summed E-state index contributed by atoms with van der Waals surface area (Å²) in [5.41, 5.74) is 2.95. The predicted molar refractivity (Wildman–Crippen MR) is 141 cm³/mol. The van der Waals surface area contributed by atoms with Crippen molar-refractivity contribution in [3.63, 3.8) is 0 Å². The van der Waals surface area contributed by atoms with Gasteiger partial charge in [0.2, 0.25) is 0 Å². The summed E-state index contributed by atoms with van der Waals surface area (Å²) in [5, 5.41) is 20.8. The van der Waals surface area contributed by atoms with Crippen LogP contribution in [0, 0.1) is 0 Å². The van der Waals surface area contributed by atoms with Crippen molar-refractivity contribution in [3.8, 4) is 0 Å². The number of aromatic nitrogens is 8. The van der Waals surface area contributed by atoms with Crippen molar-refractivity contribution in [1.29, 1.82) is 0 Å². The topological polar surface area (TPSA) is 140 Å². The van der Waals surface area contributed by atoms with Crippen LogP contribution in [0.3, 0.4) is 0 Å². The van der Waals surface area contributed by atoms with Crippen LogP contribution in [-0.2, 0) is 21.1 Å². The quantitative estimate of drug-likeness (QED) is 0.461. The van der Waals surface area contributed by atoms with Crippen molar-refractivity contribution in [2.75, 3.05) is 20.0 Å². The number of carbonyl (C=O) groups is 3. The van der Waals surface area contributed by atoms with Crippen molar-refractivity contribution in [3.05, 3.63) is 40.2 Å². The predicted octanol–water partition coefficient (Wildman–Crippen LogP) is 1.66. The third kappa shape index (κ3) is 5.02. The molecule has 210 valence electrons. The number of hydrogen-bond donors (Lipinski definition) is 0. The van der Waals surface area contributed by atoms with Gasteiger partial charge in [-0.1, -0.05) is 52.0 Å². The van der Waals surface area contributed by atoms with Gasteiger partial charge in [-0.2, -0.15) is 5.10 Å². The number of aryl methyl sites for hydroxylation is 3. The number of hydrogen-bond acceptors (Lipinski definition) is 8. The minimum absolute atomic E-state index is 0.0203. The van der Waals surface area contributed by atoms with E-state index >= 15 is 0 Å². The number of carbonyl (C=O) groups excluding carboxylic acids is 3. The molecule has 1 saturated heterocycles. The molecule has 14 heteroatoms. The summed E-state index contributed by atoms with van der Waals surface area (Å²) in [7, 11) is 5.02. The fourth-order valence-electron chi connectivity index (χ4n) is 4.75. The second-order valence-corrected chi connectivity index (χ2v) is 10.9. The average molecular weight is 540 g/mol. The highest BCUT2D eigenvalue weighted by atomic mass is 16.2. The van der Waals surface area contributed by atoms with E-state index in [1.54, 1.807) is 27.3 Å². The molecule has 4 heterocycles. The number of amides is 3. The molecule has 14 nitrogen and oxygen atoms in total. The van der Waals surface area contributed by atoms with Gasteiger partial charge in [0.05, 0.1) is 37.6 Å². The molecule has 1 fully saturated rings. The van der Waals surface area contributed by atoms with E-state index in [4.69, 9.17) is 0 Å². The van der Waals surface area contributed by atoms with E-state index in [1.807, 2.05) is 41.5 Å². The van der Waals surface area contributed by atoms with Crippen LogP contribution in [0.1, 0.15) is 108 Å². The van der Waals surface area contributed by atoms with E-state index in [1.165, 1.54) is 28.7 Å². The van der Waals surface area contributed by atoms with Gasteiger partial charge in [0.25, 0.3) is 17.7 Å². The van der Waals surface area contributed by atoms with E-state index in [0.29, 0.717) is 28.5 Å². The van der Waals surface area contributed by atoms with Gasteiger partial charge in [0.1, 0.15) is 17.1 Å². The summed E-state index contributed by atoms with van der Waals surface area (Å²) >= 11 is 0. The van der Waals surface area contributed by atoms with Gasteiger partial charge >= 0.3 is 0 Å². The molecular formula is C25H37N11O3. The van der Waals surface area contributed by atoms with Crippen LogP contribution < -0.4 is 0 Å². The molecule has 0 bridgehead atoms. The molecule has 0 spiro atoms. The summed E-state index contributed by atoms with van der Waals surface area (Å²) in [6.45, 7) is 11.6. The van der Waals surface area contributed by atoms with Crippen molar-refractivity contribution in [1.82, 2.24) is 54.5 Å². The smallest absolute Gasteiger partial charge is 0.276 e. The maximum atomic E-state index is 13.9. The SMILES string of the molecule is CC(C)c1cnn(C)c1C(=O)N1CN(C(=O)c2c(C(C)C)nnn2C)CN(C(=O)c2c(C(C)C)nnn2C)C1. The number of nitrogens with zero attached hydrogens (tertiary/aromatic N) is 11. The molecule has 0 saturated carbocycles. The molecule has 39 heavy (non-hydrogen) atoms. The molecule has 0 aromatic carbocycles. The van der Waals surface area contributed by atoms with Crippen LogP contribution in [-0.4, -0.2) is 92.2 Å². The molecule has 0 atom stereocenters. The average Bonchev–Trinajstić information content (AvgIpc) is 3.58. The molecule has 0 N–H and O–H groups in total. The lowest BCUT2D eigenvalue weighted by molar-refractivity contribution is -0.00748. The molecule has 0 aliphatic carbocycles. The number of rotatable bonds is 6. The summed E-state index contributed by atoms with van der Waals surface area (Å²) in [4.78, 5) is 46.2. The lowest BCUT2D eigenvalue weighted by Crippen LogP contribution is -2.60. The Morgan fingerprint density at radius 2 is 1.00 bits per heavy atom. The Balaban J connectivity index is 1.76. The first kappa shape index (κ1) is 27.9. The Kier molecular flexibility index (Phi) is 7.57. The molecular weight excluding hydrogens is 502 g/mol. The van der Waals surface area contributed by atoms with E-state index < -0.39 is 0 Å². The van der Waals surface area contributed by atoms with Crippen LogP contribution >= 0.6 is 0 Å². The minimum Gasteiger partial charge on any atom is -0.301 e. The van der Waals surface area contributed by atoms with Gasteiger partial charge in [0, 0.05) is 26.7 Å². The van der Waals surface area contributed by atoms with E-state index in [-0.39, 0.29) is 55.5 Å². The monoisotopic (exact) mass is 539 g/mol. The van der Waals surface area contributed by atoms with E-state index in [2.05, 4.69) is 25.7 Å².